The molecular weight excluding hydrogens is 521 g/mol. The molecule has 5 nitrogen and oxygen atoms in total. The number of aromatic nitrogens is 1. The summed E-state index contributed by atoms with van der Waals surface area (Å²) in [7, 11) is 1.94. The summed E-state index contributed by atoms with van der Waals surface area (Å²) in [6.45, 7) is 0.550. The Bertz CT molecular complexity index is 1510. The van der Waals surface area contributed by atoms with Crippen LogP contribution in [-0.4, -0.2) is 42.5 Å². The number of rotatable bonds is 10. The Balaban J connectivity index is 1.19. The zero-order chi connectivity index (χ0) is 26.7. The van der Waals surface area contributed by atoms with Crippen molar-refractivity contribution < 1.29 is 4.79 Å². The van der Waals surface area contributed by atoms with E-state index in [4.69, 9.17) is 4.98 Å². The van der Waals surface area contributed by atoms with Gasteiger partial charge in [-0.2, -0.15) is 0 Å². The molecule has 0 saturated carbocycles. The summed E-state index contributed by atoms with van der Waals surface area (Å²) in [6, 6.07) is 23.3. The molecule has 1 aliphatic heterocycles. The highest BCUT2D eigenvalue weighted by Gasteiger charge is 2.48. The summed E-state index contributed by atoms with van der Waals surface area (Å²) in [5, 5.41) is 6.50. The van der Waals surface area contributed by atoms with Crippen molar-refractivity contribution in [2.45, 2.75) is 41.5 Å². The van der Waals surface area contributed by atoms with E-state index < -0.39 is 5.41 Å². The zero-order valence-electron chi connectivity index (χ0n) is 22.0. The number of carbonyl (C=O) groups excluding carboxylic acids is 1. The van der Waals surface area contributed by atoms with E-state index in [0.717, 1.165) is 58.1 Å². The molecule has 0 saturated heterocycles. The van der Waals surface area contributed by atoms with Crippen molar-refractivity contribution in [3.05, 3.63) is 90.0 Å². The van der Waals surface area contributed by atoms with Gasteiger partial charge in [0.05, 0.1) is 16.3 Å². The molecular formula is C32H32N4OS2. The molecule has 0 bridgehead atoms. The number of hydrogen-bond donors (Lipinski definition) is 2. The number of nitrogens with one attached hydrogen (secondary N) is 2. The van der Waals surface area contributed by atoms with E-state index in [1.807, 2.05) is 31.1 Å². The van der Waals surface area contributed by atoms with Crippen LogP contribution >= 0.6 is 23.1 Å². The van der Waals surface area contributed by atoms with E-state index in [2.05, 4.69) is 88.4 Å². The Morgan fingerprint density at radius 2 is 1.82 bits per heavy atom. The van der Waals surface area contributed by atoms with Crippen LogP contribution in [0.2, 0.25) is 0 Å². The van der Waals surface area contributed by atoms with E-state index in [-0.39, 0.29) is 11.9 Å². The van der Waals surface area contributed by atoms with E-state index in [0.29, 0.717) is 6.54 Å². The maximum Gasteiger partial charge on any atom is 0.235 e. The molecule has 7 heteroatoms. The number of allylic oxidation sites excluding steroid dienone is 1. The van der Waals surface area contributed by atoms with E-state index in [1.54, 1.807) is 11.3 Å². The smallest absolute Gasteiger partial charge is 0.235 e. The van der Waals surface area contributed by atoms with E-state index >= 15 is 0 Å². The fraction of sp³-hybridized carbons (Fsp3) is 0.281. The van der Waals surface area contributed by atoms with Crippen molar-refractivity contribution in [1.29, 1.82) is 0 Å². The number of benzene rings is 3. The van der Waals surface area contributed by atoms with Crippen molar-refractivity contribution in [3.63, 3.8) is 0 Å². The van der Waals surface area contributed by atoms with Crippen LogP contribution in [-0.2, 0) is 10.2 Å². The van der Waals surface area contributed by atoms with Crippen LogP contribution < -0.4 is 10.6 Å². The van der Waals surface area contributed by atoms with Crippen molar-refractivity contribution in [3.8, 4) is 11.1 Å². The lowest BCUT2D eigenvalue weighted by atomic mass is 9.73. The van der Waals surface area contributed by atoms with Gasteiger partial charge in [-0.05, 0) is 65.8 Å². The minimum Gasteiger partial charge on any atom is -0.388 e. The summed E-state index contributed by atoms with van der Waals surface area (Å²) < 4.78 is 2.31. The van der Waals surface area contributed by atoms with Gasteiger partial charge in [0.2, 0.25) is 5.91 Å². The standard InChI is InChI=1S/C32H32N4OS2/c1-33-22-15-16-28-29(20-22)39-31(36-28)38-19-9-7-17-32(30(37)35-21-23-10-6-8-18-34-23)26-13-4-2-11-24(26)25-12-3-5-14-27(25)32/h2-6,8,11-16,18,20,23,33H,7,9-10,17,19,21H2,1H3,(H,35,37). The molecule has 0 radical (unpaired) electrons. The van der Waals surface area contributed by atoms with Gasteiger partial charge < -0.3 is 10.6 Å². The average Bonchev–Trinajstić information content (AvgIpc) is 3.53. The summed E-state index contributed by atoms with van der Waals surface area (Å²) >= 11 is 3.56. The molecule has 1 aliphatic carbocycles. The Morgan fingerprint density at radius 3 is 2.54 bits per heavy atom. The third-order valence-electron chi connectivity index (χ3n) is 7.71. The lowest BCUT2D eigenvalue weighted by Gasteiger charge is -2.31. The lowest BCUT2D eigenvalue weighted by molar-refractivity contribution is -0.125. The average molecular weight is 553 g/mol. The number of fused-ring (bicyclic) bond motifs is 4. The number of dihydropyridines is 1. The highest BCUT2D eigenvalue weighted by Crippen LogP contribution is 2.51. The number of thioether (sulfide) groups is 1. The number of aliphatic imine (C=N–C) groups is 1. The Morgan fingerprint density at radius 1 is 1.05 bits per heavy atom. The number of amides is 1. The molecule has 0 spiro atoms. The lowest BCUT2D eigenvalue weighted by Crippen LogP contribution is -2.46. The minimum atomic E-state index is -0.689. The van der Waals surface area contributed by atoms with Gasteiger partial charge in [0.1, 0.15) is 5.41 Å². The van der Waals surface area contributed by atoms with Crippen LogP contribution in [0.1, 0.15) is 36.8 Å². The molecule has 1 atom stereocenters. The molecule has 3 aromatic carbocycles. The van der Waals surface area contributed by atoms with Gasteiger partial charge in [-0.3, -0.25) is 9.79 Å². The van der Waals surface area contributed by atoms with Gasteiger partial charge >= 0.3 is 0 Å². The molecule has 39 heavy (non-hydrogen) atoms. The Labute approximate surface area is 237 Å². The van der Waals surface area contributed by atoms with Crippen LogP contribution in [0.3, 0.4) is 0 Å². The third kappa shape index (κ3) is 5.01. The summed E-state index contributed by atoms with van der Waals surface area (Å²) in [6.07, 6.45) is 9.50. The second-order valence-corrected chi connectivity index (χ2v) is 12.4. The Hall–Kier alpha value is -3.42. The van der Waals surface area contributed by atoms with E-state index in [9.17, 15) is 4.79 Å². The van der Waals surface area contributed by atoms with Crippen molar-refractivity contribution in [2.75, 3.05) is 24.7 Å². The SMILES string of the molecule is CNc1ccc2nc(SCCCCC3(C(=O)NCC4CC=CC=N4)c4ccccc4-c4ccccc43)sc2c1. The fourth-order valence-electron chi connectivity index (χ4n) is 5.75. The highest BCUT2D eigenvalue weighted by molar-refractivity contribution is 8.01. The molecule has 2 aliphatic rings. The quantitative estimate of drug-likeness (QED) is 0.163. The molecule has 2 heterocycles. The topological polar surface area (TPSA) is 66.4 Å². The summed E-state index contributed by atoms with van der Waals surface area (Å²) in [4.78, 5) is 23.5. The monoisotopic (exact) mass is 552 g/mol. The van der Waals surface area contributed by atoms with Crippen molar-refractivity contribution >= 4 is 51.1 Å². The van der Waals surface area contributed by atoms with E-state index in [1.165, 1.54) is 15.8 Å². The van der Waals surface area contributed by atoms with Crippen LogP contribution in [0.15, 0.2) is 88.2 Å². The predicted octanol–water partition coefficient (Wildman–Crippen LogP) is 7.08. The molecule has 1 amide bonds. The number of thiazole rings is 1. The number of nitrogens with zero attached hydrogens (tertiary/aromatic N) is 2. The molecule has 2 N–H and O–H groups in total. The predicted molar refractivity (Wildman–Crippen MR) is 165 cm³/mol. The summed E-state index contributed by atoms with van der Waals surface area (Å²) in [5.41, 5.74) is 6.05. The molecule has 0 fully saturated rings. The molecule has 6 rings (SSSR count). The Kier molecular flexibility index (Phi) is 7.53. The first-order valence-electron chi connectivity index (χ1n) is 13.6. The molecule has 4 aromatic rings. The van der Waals surface area contributed by atoms with Crippen LogP contribution in [0.25, 0.3) is 21.3 Å². The van der Waals surface area contributed by atoms with Crippen molar-refractivity contribution in [1.82, 2.24) is 10.3 Å². The minimum absolute atomic E-state index is 0.0869. The summed E-state index contributed by atoms with van der Waals surface area (Å²) in [5.74, 6) is 1.06. The first kappa shape index (κ1) is 25.8. The van der Waals surface area contributed by atoms with Crippen LogP contribution in [0, 0.1) is 0 Å². The maximum absolute atomic E-state index is 14.2. The largest absolute Gasteiger partial charge is 0.388 e. The van der Waals surface area contributed by atoms with Gasteiger partial charge in [0.15, 0.2) is 4.34 Å². The molecule has 1 unspecified atom stereocenters. The number of hydrogen-bond acceptors (Lipinski definition) is 6. The van der Waals surface area contributed by atoms with Gasteiger partial charge in [0.25, 0.3) is 0 Å². The maximum atomic E-state index is 14.2. The van der Waals surface area contributed by atoms with Crippen LogP contribution in [0.4, 0.5) is 5.69 Å². The van der Waals surface area contributed by atoms with Gasteiger partial charge in [0, 0.05) is 31.2 Å². The van der Waals surface area contributed by atoms with Gasteiger partial charge in [-0.1, -0.05) is 72.8 Å². The first-order valence-corrected chi connectivity index (χ1v) is 15.4. The highest BCUT2D eigenvalue weighted by atomic mass is 32.2. The first-order chi connectivity index (χ1) is 19.2. The second-order valence-electron chi connectivity index (χ2n) is 10.0. The fourth-order valence-corrected chi connectivity index (χ4v) is 7.93. The zero-order valence-corrected chi connectivity index (χ0v) is 23.7. The van der Waals surface area contributed by atoms with Crippen molar-refractivity contribution in [2.24, 2.45) is 4.99 Å². The normalized spacial score (nSPS) is 16.7. The number of unbranched alkanes of at least 4 members (excludes halogenated alkanes) is 1. The number of carbonyl (C=O) groups is 1. The third-order valence-corrected chi connectivity index (χ3v) is 9.95. The van der Waals surface area contributed by atoms with Gasteiger partial charge in [-0.15, -0.1) is 11.3 Å². The molecule has 198 valence electrons. The van der Waals surface area contributed by atoms with Gasteiger partial charge in [-0.25, -0.2) is 4.98 Å². The van der Waals surface area contributed by atoms with Crippen LogP contribution in [0.5, 0.6) is 0 Å². The number of anilines is 1. The second kappa shape index (κ2) is 11.4. The molecule has 1 aromatic heterocycles.